The maximum Gasteiger partial charge on any atom is 0.272 e. The number of hydrogen-bond donors (Lipinski definition) is 1. The Hall–Kier alpha value is -1.46. The Morgan fingerprint density at radius 1 is 1.43 bits per heavy atom. The molecule has 0 spiro atoms. The first-order valence-corrected chi connectivity index (χ1v) is 7.80. The molecular weight excluding hydrogens is 266 g/mol. The van der Waals surface area contributed by atoms with E-state index in [1.807, 2.05) is 13.0 Å². The van der Waals surface area contributed by atoms with Crippen molar-refractivity contribution in [2.45, 2.75) is 45.7 Å². The molecular formula is C16H25N3O2. The van der Waals surface area contributed by atoms with Gasteiger partial charge in [-0.2, -0.15) is 0 Å². The molecule has 0 aliphatic carbocycles. The van der Waals surface area contributed by atoms with Crippen molar-refractivity contribution >= 4 is 5.69 Å². The minimum Gasteiger partial charge on any atom is -0.313 e. The van der Waals surface area contributed by atoms with Gasteiger partial charge in [-0.1, -0.05) is 25.5 Å². The highest BCUT2D eigenvalue weighted by molar-refractivity contribution is 5.44. The van der Waals surface area contributed by atoms with E-state index in [1.54, 1.807) is 12.1 Å². The van der Waals surface area contributed by atoms with E-state index in [0.29, 0.717) is 6.04 Å². The van der Waals surface area contributed by atoms with Crippen LogP contribution in [0.25, 0.3) is 0 Å². The molecule has 1 aromatic rings. The van der Waals surface area contributed by atoms with Gasteiger partial charge in [0.1, 0.15) is 0 Å². The van der Waals surface area contributed by atoms with Crippen LogP contribution in [0.1, 0.15) is 37.3 Å². The Labute approximate surface area is 126 Å². The molecule has 1 unspecified atom stereocenters. The first-order valence-electron chi connectivity index (χ1n) is 7.80. The van der Waals surface area contributed by atoms with Gasteiger partial charge in [-0.3, -0.25) is 15.0 Å². The fourth-order valence-corrected chi connectivity index (χ4v) is 2.98. The maximum absolute atomic E-state index is 11.0. The van der Waals surface area contributed by atoms with Crippen LogP contribution in [-0.2, 0) is 6.54 Å². The molecule has 2 rings (SSSR count). The average molecular weight is 291 g/mol. The van der Waals surface area contributed by atoms with Crippen LogP contribution >= 0.6 is 0 Å². The van der Waals surface area contributed by atoms with Gasteiger partial charge < -0.3 is 5.32 Å². The van der Waals surface area contributed by atoms with E-state index in [9.17, 15) is 10.1 Å². The molecule has 1 N–H and O–H groups in total. The van der Waals surface area contributed by atoms with Crippen LogP contribution in [0.15, 0.2) is 18.2 Å². The van der Waals surface area contributed by atoms with Gasteiger partial charge in [-0.25, -0.2) is 0 Å². The SMILES string of the molecule is CCN(Cc1cccc([N+](=O)[O-])c1C)CC1CCCCN1. The van der Waals surface area contributed by atoms with Crippen molar-refractivity contribution < 1.29 is 4.92 Å². The summed E-state index contributed by atoms with van der Waals surface area (Å²) in [5.41, 5.74) is 2.07. The summed E-state index contributed by atoms with van der Waals surface area (Å²) in [5.74, 6) is 0. The summed E-state index contributed by atoms with van der Waals surface area (Å²) in [5, 5.41) is 14.6. The molecule has 0 saturated carbocycles. The smallest absolute Gasteiger partial charge is 0.272 e. The van der Waals surface area contributed by atoms with Gasteiger partial charge in [0.2, 0.25) is 0 Å². The summed E-state index contributed by atoms with van der Waals surface area (Å²) < 4.78 is 0. The van der Waals surface area contributed by atoms with E-state index in [-0.39, 0.29) is 10.6 Å². The average Bonchev–Trinajstić information content (AvgIpc) is 2.49. The second kappa shape index (κ2) is 7.52. The van der Waals surface area contributed by atoms with Gasteiger partial charge in [0.25, 0.3) is 5.69 Å². The number of piperidine rings is 1. The monoisotopic (exact) mass is 291 g/mol. The molecule has 5 heteroatoms. The lowest BCUT2D eigenvalue weighted by Crippen LogP contribution is -2.43. The van der Waals surface area contributed by atoms with Crippen LogP contribution in [0.5, 0.6) is 0 Å². The first kappa shape index (κ1) is 15.9. The van der Waals surface area contributed by atoms with Crippen molar-refractivity contribution in [1.82, 2.24) is 10.2 Å². The van der Waals surface area contributed by atoms with E-state index >= 15 is 0 Å². The summed E-state index contributed by atoms with van der Waals surface area (Å²) >= 11 is 0. The Balaban J connectivity index is 2.04. The molecule has 0 amide bonds. The molecule has 0 radical (unpaired) electrons. The molecule has 1 aromatic carbocycles. The lowest BCUT2D eigenvalue weighted by molar-refractivity contribution is -0.385. The molecule has 1 atom stereocenters. The number of hydrogen-bond acceptors (Lipinski definition) is 4. The zero-order valence-corrected chi connectivity index (χ0v) is 13.0. The Morgan fingerprint density at radius 2 is 2.24 bits per heavy atom. The van der Waals surface area contributed by atoms with Gasteiger partial charge in [0.15, 0.2) is 0 Å². The molecule has 1 aliphatic heterocycles. The van der Waals surface area contributed by atoms with E-state index in [0.717, 1.165) is 37.3 Å². The third-order valence-electron chi connectivity index (χ3n) is 4.35. The first-order chi connectivity index (χ1) is 10.1. The molecule has 0 bridgehead atoms. The molecule has 116 valence electrons. The standard InChI is InChI=1S/C16H25N3O2/c1-3-18(12-15-8-4-5-10-17-15)11-14-7-6-9-16(13(14)2)19(20)21/h6-7,9,15,17H,3-5,8,10-12H2,1-2H3. The predicted octanol–water partition coefficient (Wildman–Crippen LogP) is 2.87. The Bertz CT molecular complexity index is 484. The molecule has 1 heterocycles. The number of rotatable bonds is 6. The Kier molecular flexibility index (Phi) is 5.70. The van der Waals surface area contributed by atoms with Crippen molar-refractivity contribution in [3.8, 4) is 0 Å². The second-order valence-electron chi connectivity index (χ2n) is 5.79. The summed E-state index contributed by atoms with van der Waals surface area (Å²) in [6.07, 6.45) is 3.79. The third-order valence-corrected chi connectivity index (χ3v) is 4.35. The number of benzene rings is 1. The van der Waals surface area contributed by atoms with E-state index in [2.05, 4.69) is 17.1 Å². The lowest BCUT2D eigenvalue weighted by Gasteiger charge is -2.30. The summed E-state index contributed by atoms with van der Waals surface area (Å²) in [6.45, 7) is 7.86. The molecule has 5 nitrogen and oxygen atoms in total. The number of nitro benzene ring substituents is 1. The third kappa shape index (κ3) is 4.25. The maximum atomic E-state index is 11.0. The number of nitrogens with one attached hydrogen (secondary N) is 1. The summed E-state index contributed by atoms with van der Waals surface area (Å²) in [6, 6.07) is 5.92. The van der Waals surface area contributed by atoms with Crippen molar-refractivity contribution in [2.75, 3.05) is 19.6 Å². The van der Waals surface area contributed by atoms with Crippen LogP contribution in [0, 0.1) is 17.0 Å². The minimum absolute atomic E-state index is 0.222. The van der Waals surface area contributed by atoms with Crippen LogP contribution in [-0.4, -0.2) is 35.5 Å². The highest BCUT2D eigenvalue weighted by Gasteiger charge is 2.18. The van der Waals surface area contributed by atoms with Crippen LogP contribution in [0.4, 0.5) is 5.69 Å². The lowest BCUT2D eigenvalue weighted by atomic mass is 10.0. The highest BCUT2D eigenvalue weighted by atomic mass is 16.6. The molecule has 1 saturated heterocycles. The highest BCUT2D eigenvalue weighted by Crippen LogP contribution is 2.22. The second-order valence-corrected chi connectivity index (χ2v) is 5.79. The molecule has 21 heavy (non-hydrogen) atoms. The predicted molar refractivity (Wildman–Crippen MR) is 84.4 cm³/mol. The number of nitro groups is 1. The minimum atomic E-state index is -0.294. The van der Waals surface area contributed by atoms with Gasteiger partial charge in [0.05, 0.1) is 4.92 Å². The number of likely N-dealkylation sites (N-methyl/N-ethyl adjacent to an activating group) is 1. The summed E-state index contributed by atoms with van der Waals surface area (Å²) in [4.78, 5) is 13.1. The summed E-state index contributed by atoms with van der Waals surface area (Å²) in [7, 11) is 0. The van der Waals surface area contributed by atoms with E-state index in [1.165, 1.54) is 19.3 Å². The van der Waals surface area contributed by atoms with Gasteiger partial charge in [-0.05, 0) is 38.4 Å². The van der Waals surface area contributed by atoms with E-state index in [4.69, 9.17) is 0 Å². The zero-order valence-electron chi connectivity index (χ0n) is 13.0. The zero-order chi connectivity index (χ0) is 15.2. The Morgan fingerprint density at radius 3 is 2.86 bits per heavy atom. The van der Waals surface area contributed by atoms with Gasteiger partial charge >= 0.3 is 0 Å². The fourth-order valence-electron chi connectivity index (χ4n) is 2.98. The molecule has 1 fully saturated rings. The van der Waals surface area contributed by atoms with Crippen molar-refractivity contribution in [3.05, 3.63) is 39.4 Å². The van der Waals surface area contributed by atoms with Gasteiger partial charge in [0, 0.05) is 30.8 Å². The molecule has 0 aromatic heterocycles. The van der Waals surface area contributed by atoms with Crippen molar-refractivity contribution in [3.63, 3.8) is 0 Å². The van der Waals surface area contributed by atoms with Gasteiger partial charge in [-0.15, -0.1) is 0 Å². The van der Waals surface area contributed by atoms with Crippen LogP contribution in [0.2, 0.25) is 0 Å². The number of nitrogens with zero attached hydrogens (tertiary/aromatic N) is 2. The normalized spacial score (nSPS) is 18.9. The fraction of sp³-hybridized carbons (Fsp3) is 0.625. The van der Waals surface area contributed by atoms with Crippen LogP contribution in [0.3, 0.4) is 0 Å². The molecule has 1 aliphatic rings. The van der Waals surface area contributed by atoms with Crippen molar-refractivity contribution in [1.29, 1.82) is 0 Å². The van der Waals surface area contributed by atoms with E-state index < -0.39 is 0 Å². The quantitative estimate of drug-likeness (QED) is 0.647. The van der Waals surface area contributed by atoms with Crippen LogP contribution < -0.4 is 5.32 Å². The van der Waals surface area contributed by atoms with Crippen molar-refractivity contribution in [2.24, 2.45) is 0 Å². The topological polar surface area (TPSA) is 58.4 Å². The largest absolute Gasteiger partial charge is 0.313 e.